The Labute approximate surface area is 165 Å². The zero-order valence-corrected chi connectivity index (χ0v) is 16.2. The molecule has 1 aromatic heterocycles. The Morgan fingerprint density at radius 3 is 2.44 bits per heavy atom. The van der Waals surface area contributed by atoms with E-state index >= 15 is 0 Å². The van der Waals surface area contributed by atoms with E-state index in [0.29, 0.717) is 0 Å². The summed E-state index contributed by atoms with van der Waals surface area (Å²) in [5, 5.41) is 4.81. The fourth-order valence-electron chi connectivity index (χ4n) is 3.64. The molecule has 3 aromatic rings. The second-order valence-electron chi connectivity index (χ2n) is 7.01. The Morgan fingerprint density at radius 1 is 0.963 bits per heavy atom. The first kappa shape index (κ1) is 18.2. The molecule has 2 heterocycles. The third-order valence-electron chi connectivity index (χ3n) is 5.20. The number of anilines is 1. The molecule has 0 saturated carbocycles. The van der Waals surface area contributed by atoms with Gasteiger partial charge in [0.15, 0.2) is 0 Å². The van der Waals surface area contributed by atoms with Gasteiger partial charge in [-0.25, -0.2) is 9.97 Å². The number of aromatic nitrogens is 2. The lowest BCUT2D eigenvalue weighted by molar-refractivity contribution is 0.116. The van der Waals surface area contributed by atoms with Crippen molar-refractivity contribution in [2.75, 3.05) is 45.1 Å². The lowest BCUT2D eigenvalue weighted by Gasteiger charge is -2.38. The molecule has 0 aliphatic carbocycles. The monoisotopic (exact) mass is 381 g/mol. The number of piperazine rings is 1. The smallest absolute Gasteiger partial charge is 0.224 e. The van der Waals surface area contributed by atoms with E-state index < -0.39 is 0 Å². The van der Waals surface area contributed by atoms with Gasteiger partial charge in [-0.15, -0.1) is 0 Å². The van der Waals surface area contributed by atoms with Crippen molar-refractivity contribution in [2.45, 2.75) is 6.04 Å². The Bertz CT molecular complexity index is 893. The van der Waals surface area contributed by atoms with Crippen molar-refractivity contribution in [3.05, 3.63) is 65.4 Å². The Kier molecular flexibility index (Phi) is 5.53. The van der Waals surface area contributed by atoms with Gasteiger partial charge >= 0.3 is 0 Å². The van der Waals surface area contributed by atoms with Crippen molar-refractivity contribution in [3.8, 4) is 0 Å². The van der Waals surface area contributed by atoms with Crippen LogP contribution in [0.3, 0.4) is 0 Å². The summed E-state index contributed by atoms with van der Waals surface area (Å²) in [4.78, 5) is 13.7. The Hall–Kier alpha value is -2.21. The fraction of sp³-hybridized carbons (Fsp3) is 0.333. The molecule has 27 heavy (non-hydrogen) atoms. The summed E-state index contributed by atoms with van der Waals surface area (Å²) < 4.78 is 0. The van der Waals surface area contributed by atoms with Crippen LogP contribution in [0.25, 0.3) is 10.9 Å². The predicted octanol–water partition coefficient (Wildman–Crippen LogP) is 3.68. The molecule has 1 unspecified atom stereocenters. The quantitative estimate of drug-likeness (QED) is 0.683. The van der Waals surface area contributed by atoms with E-state index in [4.69, 9.17) is 11.6 Å². The minimum atomic E-state index is 0.270. The molecule has 1 fully saturated rings. The van der Waals surface area contributed by atoms with Gasteiger partial charge in [0.1, 0.15) is 5.82 Å². The first-order valence-electron chi connectivity index (χ1n) is 9.34. The number of fused-ring (bicyclic) bond motifs is 1. The molecule has 4 rings (SSSR count). The number of hydrogen-bond acceptors (Lipinski definition) is 5. The molecule has 1 aliphatic rings. The lowest BCUT2D eigenvalue weighted by Crippen LogP contribution is -2.47. The first-order valence-corrected chi connectivity index (χ1v) is 9.72. The van der Waals surface area contributed by atoms with Gasteiger partial charge < -0.3 is 10.2 Å². The highest BCUT2D eigenvalue weighted by atomic mass is 35.5. The molecular weight excluding hydrogens is 358 g/mol. The highest BCUT2D eigenvalue weighted by Gasteiger charge is 2.24. The average Bonchev–Trinajstić information content (AvgIpc) is 2.70. The SMILES string of the molecule is CN1CCN(C(CNc2nc(Cl)nc3ccccc23)c2ccccc2)CC1. The van der Waals surface area contributed by atoms with Crippen LogP contribution >= 0.6 is 11.6 Å². The molecule has 0 amide bonds. The topological polar surface area (TPSA) is 44.3 Å². The second-order valence-corrected chi connectivity index (χ2v) is 7.34. The van der Waals surface area contributed by atoms with Gasteiger partial charge in [0.25, 0.3) is 0 Å². The molecule has 0 spiro atoms. The van der Waals surface area contributed by atoms with Crippen molar-refractivity contribution in [2.24, 2.45) is 0 Å². The van der Waals surface area contributed by atoms with Crippen LogP contribution in [0.2, 0.25) is 5.28 Å². The van der Waals surface area contributed by atoms with E-state index in [0.717, 1.165) is 49.4 Å². The van der Waals surface area contributed by atoms with Crippen LogP contribution in [0, 0.1) is 0 Å². The third kappa shape index (κ3) is 4.21. The number of rotatable bonds is 5. The molecule has 0 radical (unpaired) electrons. The summed E-state index contributed by atoms with van der Waals surface area (Å²) in [6, 6.07) is 18.9. The fourth-order valence-corrected chi connectivity index (χ4v) is 3.82. The number of nitrogens with zero attached hydrogens (tertiary/aromatic N) is 4. The number of halogens is 1. The van der Waals surface area contributed by atoms with Crippen molar-refractivity contribution in [1.29, 1.82) is 0 Å². The highest BCUT2D eigenvalue weighted by molar-refractivity contribution is 6.28. The largest absolute Gasteiger partial charge is 0.367 e. The molecule has 1 N–H and O–H groups in total. The summed E-state index contributed by atoms with van der Waals surface area (Å²) in [5.74, 6) is 0.792. The van der Waals surface area contributed by atoms with Crippen LogP contribution in [0.4, 0.5) is 5.82 Å². The van der Waals surface area contributed by atoms with Crippen molar-refractivity contribution < 1.29 is 0 Å². The van der Waals surface area contributed by atoms with E-state index in [2.05, 4.69) is 62.5 Å². The van der Waals surface area contributed by atoms with E-state index in [1.54, 1.807) is 0 Å². The molecule has 1 aliphatic heterocycles. The van der Waals surface area contributed by atoms with Gasteiger partial charge in [-0.1, -0.05) is 42.5 Å². The van der Waals surface area contributed by atoms with Crippen LogP contribution in [-0.4, -0.2) is 59.5 Å². The summed E-state index contributed by atoms with van der Waals surface area (Å²) in [6.45, 7) is 5.06. The normalized spacial score (nSPS) is 17.1. The number of nitrogens with one attached hydrogen (secondary N) is 1. The Balaban J connectivity index is 1.59. The van der Waals surface area contributed by atoms with E-state index in [9.17, 15) is 0 Å². The Morgan fingerprint density at radius 2 is 1.67 bits per heavy atom. The number of likely N-dealkylation sites (N-methyl/N-ethyl adjacent to an activating group) is 1. The van der Waals surface area contributed by atoms with Gasteiger partial charge in [0.05, 0.1) is 11.6 Å². The van der Waals surface area contributed by atoms with Gasteiger partial charge in [0, 0.05) is 38.1 Å². The van der Waals surface area contributed by atoms with Gasteiger partial charge in [-0.3, -0.25) is 4.90 Å². The molecular formula is C21H24ClN5. The third-order valence-corrected chi connectivity index (χ3v) is 5.37. The van der Waals surface area contributed by atoms with Crippen molar-refractivity contribution in [3.63, 3.8) is 0 Å². The predicted molar refractivity (Wildman–Crippen MR) is 111 cm³/mol. The number of hydrogen-bond donors (Lipinski definition) is 1. The molecule has 1 atom stereocenters. The number of para-hydroxylation sites is 1. The molecule has 2 aromatic carbocycles. The maximum absolute atomic E-state index is 6.14. The van der Waals surface area contributed by atoms with Gasteiger partial charge in [0.2, 0.25) is 5.28 Å². The lowest BCUT2D eigenvalue weighted by atomic mass is 10.0. The molecule has 1 saturated heterocycles. The average molecular weight is 382 g/mol. The minimum Gasteiger partial charge on any atom is -0.367 e. The molecule has 6 heteroatoms. The van der Waals surface area contributed by atoms with E-state index in [1.165, 1.54) is 5.56 Å². The van der Waals surface area contributed by atoms with Crippen LogP contribution in [0.5, 0.6) is 0 Å². The highest BCUT2D eigenvalue weighted by Crippen LogP contribution is 2.26. The second kappa shape index (κ2) is 8.21. The zero-order chi connectivity index (χ0) is 18.6. The van der Waals surface area contributed by atoms with Crippen molar-refractivity contribution >= 4 is 28.3 Å². The van der Waals surface area contributed by atoms with E-state index in [-0.39, 0.29) is 11.3 Å². The summed E-state index contributed by atoms with van der Waals surface area (Å²) in [5.41, 5.74) is 2.18. The maximum atomic E-state index is 6.14. The van der Waals surface area contributed by atoms with Gasteiger partial charge in [-0.05, 0) is 36.3 Å². The van der Waals surface area contributed by atoms with Crippen LogP contribution in [-0.2, 0) is 0 Å². The van der Waals surface area contributed by atoms with Crippen LogP contribution in [0.15, 0.2) is 54.6 Å². The van der Waals surface area contributed by atoms with Crippen LogP contribution < -0.4 is 5.32 Å². The van der Waals surface area contributed by atoms with Crippen molar-refractivity contribution in [1.82, 2.24) is 19.8 Å². The maximum Gasteiger partial charge on any atom is 0.224 e. The number of benzene rings is 2. The van der Waals surface area contributed by atoms with Gasteiger partial charge in [-0.2, -0.15) is 0 Å². The summed E-state index contributed by atoms with van der Waals surface area (Å²) >= 11 is 6.14. The molecule has 5 nitrogen and oxygen atoms in total. The summed E-state index contributed by atoms with van der Waals surface area (Å²) in [7, 11) is 2.18. The molecule has 140 valence electrons. The summed E-state index contributed by atoms with van der Waals surface area (Å²) in [6.07, 6.45) is 0. The minimum absolute atomic E-state index is 0.270. The van der Waals surface area contributed by atoms with E-state index in [1.807, 2.05) is 24.3 Å². The first-order chi connectivity index (χ1) is 13.2. The standard InChI is InChI=1S/C21H24ClN5/c1-26-11-13-27(14-12-26)19(16-7-3-2-4-8-16)15-23-20-17-9-5-6-10-18(17)24-21(22)25-20/h2-10,19H,11-15H2,1H3,(H,23,24,25). The van der Waals surface area contributed by atoms with Crippen LogP contribution in [0.1, 0.15) is 11.6 Å². The molecule has 0 bridgehead atoms. The zero-order valence-electron chi connectivity index (χ0n) is 15.5.